The number of esters is 2. The average Bonchev–Trinajstić information content (AvgIpc) is 2.47. The second kappa shape index (κ2) is 3.40. The van der Waals surface area contributed by atoms with Crippen molar-refractivity contribution in [3.05, 3.63) is 11.4 Å². The molecule has 2 rings (SSSR count). The molecular formula is C10H14N2O4. The third-order valence-electron chi connectivity index (χ3n) is 2.31. The van der Waals surface area contributed by atoms with E-state index in [1.54, 1.807) is 0 Å². The second-order valence-corrected chi connectivity index (χ2v) is 4.36. The molecule has 0 aliphatic carbocycles. The van der Waals surface area contributed by atoms with Crippen LogP contribution in [0.2, 0.25) is 0 Å². The van der Waals surface area contributed by atoms with Gasteiger partial charge in [-0.25, -0.2) is 9.59 Å². The van der Waals surface area contributed by atoms with Gasteiger partial charge in [-0.3, -0.25) is 0 Å². The van der Waals surface area contributed by atoms with Crippen LogP contribution in [0, 0.1) is 0 Å². The molecule has 0 aromatic rings. The van der Waals surface area contributed by atoms with Crippen molar-refractivity contribution in [2.45, 2.75) is 32.6 Å². The van der Waals surface area contributed by atoms with Crippen LogP contribution in [0.3, 0.4) is 0 Å². The molecule has 2 heterocycles. The molecule has 0 aromatic heterocycles. The highest BCUT2D eigenvalue weighted by molar-refractivity contribution is 6.15. The average molecular weight is 226 g/mol. The van der Waals surface area contributed by atoms with Gasteiger partial charge in [-0.05, 0) is 6.92 Å². The minimum absolute atomic E-state index is 0.0938. The quantitative estimate of drug-likeness (QED) is 0.333. The summed E-state index contributed by atoms with van der Waals surface area (Å²) in [5, 5.41) is 5.91. The van der Waals surface area contributed by atoms with Crippen LogP contribution in [0.1, 0.15) is 20.8 Å². The molecule has 0 bridgehead atoms. The summed E-state index contributed by atoms with van der Waals surface area (Å²) in [5.74, 6) is -2.13. The molecule has 0 aromatic carbocycles. The minimum atomic E-state index is -1.19. The minimum Gasteiger partial charge on any atom is -0.419 e. The van der Waals surface area contributed by atoms with E-state index in [4.69, 9.17) is 9.47 Å². The number of nitrogens with one attached hydrogen (secondary N) is 2. The summed E-state index contributed by atoms with van der Waals surface area (Å²) in [6.07, 6.45) is 0. The van der Waals surface area contributed by atoms with Crippen LogP contribution in [-0.2, 0) is 19.1 Å². The molecule has 0 spiro atoms. The predicted molar refractivity (Wildman–Crippen MR) is 53.9 cm³/mol. The van der Waals surface area contributed by atoms with Gasteiger partial charge in [0.25, 0.3) is 5.79 Å². The summed E-state index contributed by atoms with van der Waals surface area (Å²) >= 11 is 0. The van der Waals surface area contributed by atoms with Gasteiger partial charge in [0.05, 0.1) is 0 Å². The first-order valence-corrected chi connectivity index (χ1v) is 5.10. The molecule has 0 radical (unpaired) electrons. The number of ether oxygens (including phenoxy) is 2. The first-order valence-electron chi connectivity index (χ1n) is 5.10. The van der Waals surface area contributed by atoms with Crippen molar-refractivity contribution in [3.63, 3.8) is 0 Å². The Labute approximate surface area is 93.0 Å². The largest absolute Gasteiger partial charge is 0.419 e. The van der Waals surface area contributed by atoms with Gasteiger partial charge in [0.1, 0.15) is 5.82 Å². The maximum Gasteiger partial charge on any atom is 0.352 e. The third kappa shape index (κ3) is 1.82. The predicted octanol–water partition coefficient (Wildman–Crippen LogP) is -0.385. The molecule has 1 unspecified atom stereocenters. The highest BCUT2D eigenvalue weighted by atomic mass is 16.7. The Bertz CT molecular complexity index is 364. The topological polar surface area (TPSA) is 76.7 Å². The number of carbonyl (C=O) groups is 2. The zero-order valence-electron chi connectivity index (χ0n) is 9.42. The van der Waals surface area contributed by atoms with Gasteiger partial charge in [-0.2, -0.15) is 0 Å². The fourth-order valence-electron chi connectivity index (χ4n) is 1.62. The van der Waals surface area contributed by atoms with Crippen molar-refractivity contribution in [2.24, 2.45) is 0 Å². The van der Waals surface area contributed by atoms with Crippen LogP contribution in [0.4, 0.5) is 0 Å². The van der Waals surface area contributed by atoms with Crippen LogP contribution < -0.4 is 10.6 Å². The SMILES string of the molecule is CC1CNC(=C2C(=O)OC(C)(C)OC2=O)N1. The fraction of sp³-hybridized carbons (Fsp3) is 0.600. The van der Waals surface area contributed by atoms with E-state index in [1.807, 2.05) is 6.92 Å². The van der Waals surface area contributed by atoms with Crippen LogP contribution in [-0.4, -0.2) is 30.3 Å². The maximum atomic E-state index is 11.7. The zero-order chi connectivity index (χ0) is 11.9. The van der Waals surface area contributed by atoms with Crippen LogP contribution >= 0.6 is 0 Å². The molecule has 88 valence electrons. The Morgan fingerprint density at radius 1 is 1.25 bits per heavy atom. The molecule has 6 nitrogen and oxygen atoms in total. The lowest BCUT2D eigenvalue weighted by atomic mass is 10.2. The molecule has 0 amide bonds. The summed E-state index contributed by atoms with van der Waals surface area (Å²) in [6.45, 7) is 5.62. The Kier molecular flexibility index (Phi) is 2.29. The van der Waals surface area contributed by atoms with Crippen LogP contribution in [0.25, 0.3) is 0 Å². The maximum absolute atomic E-state index is 11.7. The summed E-state index contributed by atoms with van der Waals surface area (Å²) in [4.78, 5) is 23.3. The summed E-state index contributed by atoms with van der Waals surface area (Å²) in [6, 6.07) is 0.165. The van der Waals surface area contributed by atoms with Gasteiger partial charge >= 0.3 is 11.9 Å². The summed E-state index contributed by atoms with van der Waals surface area (Å²) in [7, 11) is 0. The van der Waals surface area contributed by atoms with E-state index >= 15 is 0 Å². The summed E-state index contributed by atoms with van der Waals surface area (Å²) in [5.41, 5.74) is -0.0938. The molecule has 0 saturated carbocycles. The van der Waals surface area contributed by atoms with Crippen molar-refractivity contribution in [3.8, 4) is 0 Å². The molecular weight excluding hydrogens is 212 g/mol. The fourth-order valence-corrected chi connectivity index (χ4v) is 1.62. The molecule has 2 aliphatic rings. The first-order chi connectivity index (χ1) is 7.39. The standard InChI is InChI=1S/C10H14N2O4/c1-5-4-11-7(12-5)6-8(13)15-10(2,3)16-9(6)14/h5,11-12H,4H2,1-3H3. The normalized spacial score (nSPS) is 28.1. The lowest BCUT2D eigenvalue weighted by molar-refractivity contribution is -0.222. The van der Waals surface area contributed by atoms with E-state index in [0.717, 1.165) is 0 Å². The second-order valence-electron chi connectivity index (χ2n) is 4.36. The van der Waals surface area contributed by atoms with E-state index < -0.39 is 17.7 Å². The number of rotatable bonds is 0. The van der Waals surface area contributed by atoms with Gasteiger partial charge < -0.3 is 20.1 Å². The van der Waals surface area contributed by atoms with Crippen molar-refractivity contribution in [2.75, 3.05) is 6.54 Å². The molecule has 2 saturated heterocycles. The zero-order valence-corrected chi connectivity index (χ0v) is 9.42. The van der Waals surface area contributed by atoms with E-state index in [-0.39, 0.29) is 11.6 Å². The first kappa shape index (κ1) is 10.8. The van der Waals surface area contributed by atoms with Gasteiger partial charge in [0.2, 0.25) is 0 Å². The molecule has 2 N–H and O–H groups in total. The number of hydrogen-bond donors (Lipinski definition) is 2. The highest BCUT2D eigenvalue weighted by Crippen LogP contribution is 2.24. The molecule has 16 heavy (non-hydrogen) atoms. The number of carbonyl (C=O) groups excluding carboxylic acids is 2. The van der Waals surface area contributed by atoms with Crippen molar-refractivity contribution < 1.29 is 19.1 Å². The van der Waals surface area contributed by atoms with Crippen molar-refractivity contribution in [1.82, 2.24) is 10.6 Å². The molecule has 1 atom stereocenters. The lowest BCUT2D eigenvalue weighted by Crippen LogP contribution is -2.43. The van der Waals surface area contributed by atoms with Gasteiger partial charge in [-0.15, -0.1) is 0 Å². The smallest absolute Gasteiger partial charge is 0.352 e. The Morgan fingerprint density at radius 3 is 2.25 bits per heavy atom. The summed E-state index contributed by atoms with van der Waals surface area (Å²) < 4.78 is 9.97. The van der Waals surface area contributed by atoms with Crippen LogP contribution in [0.5, 0.6) is 0 Å². The Hall–Kier alpha value is -1.72. The van der Waals surface area contributed by atoms with Gasteiger partial charge in [0.15, 0.2) is 5.57 Å². The number of hydrogen-bond acceptors (Lipinski definition) is 6. The van der Waals surface area contributed by atoms with Gasteiger partial charge in [-0.1, -0.05) is 0 Å². The molecule has 2 aliphatic heterocycles. The number of cyclic esters (lactones) is 2. The van der Waals surface area contributed by atoms with Crippen molar-refractivity contribution >= 4 is 11.9 Å². The molecule has 2 fully saturated rings. The van der Waals surface area contributed by atoms with E-state index in [0.29, 0.717) is 12.4 Å². The highest BCUT2D eigenvalue weighted by Gasteiger charge is 2.41. The lowest BCUT2D eigenvalue weighted by Gasteiger charge is -2.30. The Balaban J connectivity index is 2.30. The van der Waals surface area contributed by atoms with E-state index in [1.165, 1.54) is 13.8 Å². The van der Waals surface area contributed by atoms with E-state index in [2.05, 4.69) is 10.6 Å². The third-order valence-corrected chi connectivity index (χ3v) is 2.31. The Morgan fingerprint density at radius 2 is 1.81 bits per heavy atom. The monoisotopic (exact) mass is 226 g/mol. The molecule has 6 heteroatoms. The van der Waals surface area contributed by atoms with E-state index in [9.17, 15) is 9.59 Å². The van der Waals surface area contributed by atoms with Gasteiger partial charge in [0, 0.05) is 26.4 Å². The van der Waals surface area contributed by atoms with Crippen molar-refractivity contribution in [1.29, 1.82) is 0 Å². The van der Waals surface area contributed by atoms with Crippen LogP contribution in [0.15, 0.2) is 11.4 Å².